The highest BCUT2D eigenvalue weighted by molar-refractivity contribution is 7.92. The van der Waals surface area contributed by atoms with Gasteiger partial charge in [-0.25, -0.2) is 13.4 Å². The standard InChI is InChI=1S/C20H24N4O4S2/c1-10-18(29-20(21-10)22-12(3)25)14-7-15-9-24(11(2)13-5-6-13)19(26)17(15)16(8-14)23-30(4,27)28/h7-8,11,13,23H,5-6,9H2,1-4H3,(H,21,22,25)/t11-/m0/s1. The number of carbonyl (C=O) groups is 2. The summed E-state index contributed by atoms with van der Waals surface area (Å²) in [5.74, 6) is 0.166. The fraction of sp³-hybridized carbons (Fsp3) is 0.450. The van der Waals surface area contributed by atoms with E-state index in [1.807, 2.05) is 17.9 Å². The maximum Gasteiger partial charge on any atom is 0.256 e. The summed E-state index contributed by atoms with van der Waals surface area (Å²) in [4.78, 5) is 31.6. The van der Waals surface area contributed by atoms with E-state index >= 15 is 0 Å². The third-order valence-corrected chi connectivity index (χ3v) is 7.18. The van der Waals surface area contributed by atoms with Gasteiger partial charge in [0, 0.05) is 19.5 Å². The summed E-state index contributed by atoms with van der Waals surface area (Å²) in [6, 6.07) is 3.73. The van der Waals surface area contributed by atoms with E-state index in [1.54, 1.807) is 6.07 Å². The van der Waals surface area contributed by atoms with Gasteiger partial charge in [-0.3, -0.25) is 14.3 Å². The van der Waals surface area contributed by atoms with Gasteiger partial charge in [0.05, 0.1) is 28.1 Å². The van der Waals surface area contributed by atoms with Crippen LogP contribution in [0.15, 0.2) is 12.1 Å². The molecule has 0 spiro atoms. The molecule has 0 radical (unpaired) electrons. The lowest BCUT2D eigenvalue weighted by Gasteiger charge is -2.24. The number of aromatic nitrogens is 1. The van der Waals surface area contributed by atoms with Crippen molar-refractivity contribution >= 4 is 44.0 Å². The zero-order valence-corrected chi connectivity index (χ0v) is 18.9. The zero-order chi connectivity index (χ0) is 21.8. The second-order valence-corrected chi connectivity index (χ2v) is 10.8. The van der Waals surface area contributed by atoms with Gasteiger partial charge in [0.2, 0.25) is 15.9 Å². The van der Waals surface area contributed by atoms with Crippen LogP contribution in [0.4, 0.5) is 10.8 Å². The number of benzene rings is 1. The highest BCUT2D eigenvalue weighted by atomic mass is 32.2. The number of sulfonamides is 1. The Morgan fingerprint density at radius 2 is 2.03 bits per heavy atom. The fourth-order valence-electron chi connectivity index (χ4n) is 3.92. The molecule has 4 rings (SSSR count). The number of amides is 2. The van der Waals surface area contributed by atoms with Crippen molar-refractivity contribution in [2.45, 2.75) is 46.2 Å². The molecule has 30 heavy (non-hydrogen) atoms. The molecule has 0 saturated heterocycles. The SMILES string of the molecule is CC(=O)Nc1nc(C)c(-c2cc3c(c(NS(C)(=O)=O)c2)C(=O)N([C@@H](C)C2CC2)C3)s1. The predicted octanol–water partition coefficient (Wildman–Crippen LogP) is 3.20. The summed E-state index contributed by atoms with van der Waals surface area (Å²) in [6.45, 7) is 5.76. The topological polar surface area (TPSA) is 108 Å². The minimum atomic E-state index is -3.57. The average Bonchev–Trinajstić information content (AvgIpc) is 3.33. The Kier molecular flexibility index (Phi) is 5.09. The van der Waals surface area contributed by atoms with Crippen LogP contribution in [-0.2, 0) is 21.4 Å². The molecule has 8 nitrogen and oxygen atoms in total. The second kappa shape index (κ2) is 7.35. The van der Waals surface area contributed by atoms with Crippen LogP contribution in [0.25, 0.3) is 10.4 Å². The number of anilines is 2. The number of carbonyl (C=O) groups excluding carboxylic acids is 2. The van der Waals surface area contributed by atoms with E-state index in [2.05, 4.69) is 21.9 Å². The first-order chi connectivity index (χ1) is 14.0. The largest absolute Gasteiger partial charge is 0.331 e. The van der Waals surface area contributed by atoms with Crippen LogP contribution in [-0.4, -0.2) is 42.4 Å². The monoisotopic (exact) mass is 448 g/mol. The van der Waals surface area contributed by atoms with Crippen LogP contribution in [0.3, 0.4) is 0 Å². The van der Waals surface area contributed by atoms with Crippen molar-refractivity contribution < 1.29 is 18.0 Å². The van der Waals surface area contributed by atoms with Crippen molar-refractivity contribution in [3.8, 4) is 10.4 Å². The summed E-state index contributed by atoms with van der Waals surface area (Å²) in [6.07, 6.45) is 3.31. The van der Waals surface area contributed by atoms with E-state index in [0.29, 0.717) is 23.2 Å². The van der Waals surface area contributed by atoms with Crippen LogP contribution in [0.1, 0.15) is 48.3 Å². The minimum absolute atomic E-state index is 0.121. The average molecular weight is 449 g/mol. The summed E-state index contributed by atoms with van der Waals surface area (Å²) in [5, 5.41) is 3.16. The first-order valence-corrected chi connectivity index (χ1v) is 12.5. The number of rotatable bonds is 6. The molecule has 0 unspecified atom stereocenters. The van der Waals surface area contributed by atoms with Gasteiger partial charge < -0.3 is 10.2 Å². The van der Waals surface area contributed by atoms with Crippen LogP contribution in [0.5, 0.6) is 0 Å². The quantitative estimate of drug-likeness (QED) is 0.705. The molecule has 1 aliphatic carbocycles. The van der Waals surface area contributed by atoms with E-state index in [9.17, 15) is 18.0 Å². The molecule has 2 amide bonds. The lowest BCUT2D eigenvalue weighted by atomic mass is 10.0. The number of fused-ring (bicyclic) bond motifs is 1. The van der Waals surface area contributed by atoms with E-state index in [1.165, 1.54) is 18.3 Å². The van der Waals surface area contributed by atoms with Gasteiger partial charge in [-0.1, -0.05) is 11.3 Å². The fourth-order valence-corrected chi connectivity index (χ4v) is 5.48. The van der Waals surface area contributed by atoms with Crippen LogP contribution < -0.4 is 10.0 Å². The first kappa shape index (κ1) is 20.8. The van der Waals surface area contributed by atoms with Gasteiger partial charge in [-0.2, -0.15) is 0 Å². The Balaban J connectivity index is 1.79. The maximum absolute atomic E-state index is 13.2. The van der Waals surface area contributed by atoms with Crippen molar-refractivity contribution in [2.75, 3.05) is 16.3 Å². The second-order valence-electron chi connectivity index (χ2n) is 8.06. The Morgan fingerprint density at radius 3 is 2.63 bits per heavy atom. The van der Waals surface area contributed by atoms with Crippen LogP contribution >= 0.6 is 11.3 Å². The molecule has 1 aromatic heterocycles. The van der Waals surface area contributed by atoms with E-state index in [-0.39, 0.29) is 23.5 Å². The zero-order valence-electron chi connectivity index (χ0n) is 17.3. The molecule has 160 valence electrons. The van der Waals surface area contributed by atoms with Gasteiger partial charge in [0.1, 0.15) is 0 Å². The highest BCUT2D eigenvalue weighted by Gasteiger charge is 2.40. The predicted molar refractivity (Wildman–Crippen MR) is 117 cm³/mol. The van der Waals surface area contributed by atoms with Crippen molar-refractivity contribution in [3.63, 3.8) is 0 Å². The number of nitrogens with zero attached hydrogens (tertiary/aromatic N) is 2. The molecular weight excluding hydrogens is 424 g/mol. The summed E-state index contributed by atoms with van der Waals surface area (Å²) >= 11 is 1.32. The van der Waals surface area contributed by atoms with Crippen LogP contribution in [0.2, 0.25) is 0 Å². The molecule has 1 aliphatic heterocycles. The van der Waals surface area contributed by atoms with Gasteiger partial charge >= 0.3 is 0 Å². The number of hydrogen-bond acceptors (Lipinski definition) is 6. The highest BCUT2D eigenvalue weighted by Crippen LogP contribution is 2.42. The number of aryl methyl sites for hydroxylation is 1. The van der Waals surface area contributed by atoms with Crippen molar-refractivity contribution in [3.05, 3.63) is 29.0 Å². The molecule has 1 aromatic carbocycles. The van der Waals surface area contributed by atoms with Gasteiger partial charge in [0.15, 0.2) is 5.13 Å². The molecule has 1 atom stereocenters. The normalized spacial score (nSPS) is 17.1. The molecule has 1 fully saturated rings. The first-order valence-electron chi connectivity index (χ1n) is 9.74. The molecule has 2 aromatic rings. The van der Waals surface area contributed by atoms with E-state index in [0.717, 1.165) is 40.8 Å². The lowest BCUT2D eigenvalue weighted by molar-refractivity contribution is -0.114. The maximum atomic E-state index is 13.2. The number of hydrogen-bond donors (Lipinski definition) is 2. The molecule has 1 saturated carbocycles. The van der Waals surface area contributed by atoms with Gasteiger partial charge in [0.25, 0.3) is 5.91 Å². The third-order valence-electron chi connectivity index (χ3n) is 5.47. The smallest absolute Gasteiger partial charge is 0.256 e. The lowest BCUT2D eigenvalue weighted by Crippen LogP contribution is -2.34. The van der Waals surface area contributed by atoms with Gasteiger partial charge in [-0.05, 0) is 55.9 Å². The minimum Gasteiger partial charge on any atom is -0.331 e. The molecule has 2 heterocycles. The Bertz CT molecular complexity index is 1150. The summed E-state index contributed by atoms with van der Waals surface area (Å²) in [7, 11) is -3.57. The summed E-state index contributed by atoms with van der Waals surface area (Å²) < 4.78 is 26.5. The third kappa shape index (κ3) is 4.06. The van der Waals surface area contributed by atoms with E-state index < -0.39 is 10.0 Å². The summed E-state index contributed by atoms with van der Waals surface area (Å²) in [5.41, 5.74) is 2.99. The van der Waals surface area contributed by atoms with E-state index in [4.69, 9.17) is 0 Å². The Hall–Kier alpha value is -2.46. The molecular formula is C20H24N4O4S2. The van der Waals surface area contributed by atoms with Crippen LogP contribution in [0, 0.1) is 12.8 Å². The Labute approximate surface area is 179 Å². The molecule has 10 heteroatoms. The van der Waals surface area contributed by atoms with Crippen molar-refractivity contribution in [1.29, 1.82) is 0 Å². The Morgan fingerprint density at radius 1 is 1.33 bits per heavy atom. The molecule has 0 bridgehead atoms. The molecule has 2 aliphatic rings. The molecule has 2 N–H and O–H groups in total. The van der Waals surface area contributed by atoms with Crippen molar-refractivity contribution in [2.24, 2.45) is 5.92 Å². The van der Waals surface area contributed by atoms with Gasteiger partial charge in [-0.15, -0.1) is 0 Å². The number of thiazole rings is 1. The van der Waals surface area contributed by atoms with Crippen molar-refractivity contribution in [1.82, 2.24) is 9.88 Å². The number of nitrogens with one attached hydrogen (secondary N) is 2.